The monoisotopic (exact) mass is 264 g/mol. The Hall–Kier alpha value is -1.89. The number of aliphatic hydroxyl groups is 1. The van der Waals surface area contributed by atoms with Crippen molar-refractivity contribution in [3.05, 3.63) is 12.7 Å². The second-order valence-electron chi connectivity index (χ2n) is 2.99. The summed E-state index contributed by atoms with van der Waals surface area (Å²) in [4.78, 5) is 28.7. The second kappa shape index (κ2) is 15.1. The topological polar surface area (TPSA) is 132 Å². The molecule has 0 aromatic carbocycles. The molecule has 106 valence electrons. The lowest BCUT2D eigenvalue weighted by atomic mass is 10.3. The van der Waals surface area contributed by atoms with E-state index in [1.54, 1.807) is 0 Å². The smallest absolute Gasteiger partial charge is 0.333 e. The highest BCUT2D eigenvalue weighted by Gasteiger charge is 2.16. The van der Waals surface area contributed by atoms with Gasteiger partial charge in [-0.15, -0.1) is 0 Å². The minimum atomic E-state index is -1.79. The SMILES string of the molecule is C=CC(=O)O.CCCC.O=C(O)CC(O)C(=O)O. The number of rotatable bonds is 5. The maximum absolute atomic E-state index is 9.72. The van der Waals surface area contributed by atoms with Crippen LogP contribution in [0.5, 0.6) is 0 Å². The van der Waals surface area contributed by atoms with Crippen molar-refractivity contribution in [3.63, 3.8) is 0 Å². The molecule has 0 saturated heterocycles. The molecule has 0 spiro atoms. The van der Waals surface area contributed by atoms with Crippen molar-refractivity contribution < 1.29 is 34.8 Å². The van der Waals surface area contributed by atoms with E-state index in [4.69, 9.17) is 20.4 Å². The van der Waals surface area contributed by atoms with E-state index in [1.807, 2.05) is 0 Å². The molecule has 0 fully saturated rings. The minimum Gasteiger partial charge on any atom is -0.481 e. The van der Waals surface area contributed by atoms with Crippen LogP contribution >= 0.6 is 0 Å². The summed E-state index contributed by atoms with van der Waals surface area (Å²) >= 11 is 0. The van der Waals surface area contributed by atoms with Gasteiger partial charge in [0.1, 0.15) is 0 Å². The van der Waals surface area contributed by atoms with E-state index in [9.17, 15) is 14.4 Å². The van der Waals surface area contributed by atoms with Crippen LogP contribution in [-0.4, -0.2) is 44.4 Å². The van der Waals surface area contributed by atoms with Crippen LogP contribution in [0.3, 0.4) is 0 Å². The molecule has 0 amide bonds. The highest BCUT2D eigenvalue weighted by Crippen LogP contribution is 1.89. The quantitative estimate of drug-likeness (QED) is 0.544. The van der Waals surface area contributed by atoms with Gasteiger partial charge in [0.2, 0.25) is 0 Å². The number of carboxylic acids is 3. The molecule has 0 heterocycles. The van der Waals surface area contributed by atoms with Gasteiger partial charge in [-0.25, -0.2) is 9.59 Å². The molecule has 7 nitrogen and oxygen atoms in total. The van der Waals surface area contributed by atoms with Gasteiger partial charge in [-0.05, 0) is 0 Å². The number of aliphatic carboxylic acids is 3. The lowest BCUT2D eigenvalue weighted by Crippen LogP contribution is -2.22. The van der Waals surface area contributed by atoms with Crippen molar-refractivity contribution in [1.82, 2.24) is 0 Å². The molecule has 0 radical (unpaired) electrons. The normalized spacial score (nSPS) is 9.72. The van der Waals surface area contributed by atoms with Crippen molar-refractivity contribution in [3.8, 4) is 0 Å². The number of hydrogen-bond acceptors (Lipinski definition) is 4. The molecule has 18 heavy (non-hydrogen) atoms. The van der Waals surface area contributed by atoms with Gasteiger partial charge in [-0.2, -0.15) is 0 Å². The molecule has 0 saturated carbocycles. The first-order valence-corrected chi connectivity index (χ1v) is 5.20. The van der Waals surface area contributed by atoms with Crippen molar-refractivity contribution in [2.75, 3.05) is 0 Å². The summed E-state index contributed by atoms with van der Waals surface area (Å²) in [5, 5.41) is 31.7. The van der Waals surface area contributed by atoms with Crippen molar-refractivity contribution in [2.45, 2.75) is 39.2 Å². The predicted octanol–water partition coefficient (Wildman–Crippen LogP) is 0.970. The van der Waals surface area contributed by atoms with Crippen LogP contribution in [0.15, 0.2) is 12.7 Å². The molecule has 1 unspecified atom stereocenters. The fourth-order valence-corrected chi connectivity index (χ4v) is 0.253. The van der Waals surface area contributed by atoms with Crippen LogP contribution in [0.4, 0.5) is 0 Å². The zero-order chi connectivity index (χ0) is 15.1. The molecule has 0 aliphatic rings. The fraction of sp³-hybridized carbons (Fsp3) is 0.545. The molecule has 0 rings (SSSR count). The zero-order valence-electron chi connectivity index (χ0n) is 10.5. The van der Waals surface area contributed by atoms with Crippen LogP contribution in [0.2, 0.25) is 0 Å². The third-order valence-electron chi connectivity index (χ3n) is 1.33. The van der Waals surface area contributed by atoms with Gasteiger partial charge in [0.15, 0.2) is 6.10 Å². The molecule has 0 aliphatic carbocycles. The summed E-state index contributed by atoms with van der Waals surface area (Å²) < 4.78 is 0. The van der Waals surface area contributed by atoms with Gasteiger partial charge in [0, 0.05) is 6.08 Å². The van der Waals surface area contributed by atoms with Crippen LogP contribution < -0.4 is 0 Å². The average Bonchev–Trinajstić information content (AvgIpc) is 2.29. The van der Waals surface area contributed by atoms with Gasteiger partial charge >= 0.3 is 17.9 Å². The van der Waals surface area contributed by atoms with Crippen LogP contribution in [0.25, 0.3) is 0 Å². The Kier molecular flexibility index (Phi) is 18.0. The maximum Gasteiger partial charge on any atom is 0.333 e. The molecule has 7 heteroatoms. The summed E-state index contributed by atoms with van der Waals surface area (Å²) in [6, 6.07) is 0. The first-order chi connectivity index (χ1) is 8.22. The number of carbonyl (C=O) groups is 3. The standard InChI is InChI=1S/C4H6O5.C4H10.C3H4O2/c5-2(4(8)9)1-3(6)7;1-3-4-2;1-2-3(4)5/h2,5H,1H2,(H,6,7)(H,8,9);3-4H2,1-2H3;2H,1H2,(H,4,5). The summed E-state index contributed by atoms with van der Waals surface area (Å²) in [7, 11) is 0. The van der Waals surface area contributed by atoms with Gasteiger partial charge in [-0.3, -0.25) is 4.79 Å². The number of aliphatic hydroxyl groups excluding tert-OH is 1. The van der Waals surface area contributed by atoms with E-state index in [-0.39, 0.29) is 0 Å². The van der Waals surface area contributed by atoms with Crippen molar-refractivity contribution >= 4 is 17.9 Å². The van der Waals surface area contributed by atoms with E-state index in [0.717, 1.165) is 6.08 Å². The molecule has 0 aromatic rings. The van der Waals surface area contributed by atoms with Gasteiger partial charge < -0.3 is 20.4 Å². The molecular weight excluding hydrogens is 244 g/mol. The second-order valence-corrected chi connectivity index (χ2v) is 2.99. The molecule has 0 bridgehead atoms. The van der Waals surface area contributed by atoms with E-state index in [2.05, 4.69) is 20.4 Å². The van der Waals surface area contributed by atoms with Crippen LogP contribution in [0, 0.1) is 0 Å². The Morgan fingerprint density at radius 1 is 1.11 bits per heavy atom. The number of unbranched alkanes of at least 4 members (excludes halogenated alkanes) is 1. The lowest BCUT2D eigenvalue weighted by molar-refractivity contribution is -0.152. The summed E-state index contributed by atoms with van der Waals surface area (Å²) in [5.74, 6) is -3.83. The first-order valence-electron chi connectivity index (χ1n) is 5.20. The Morgan fingerprint density at radius 3 is 1.50 bits per heavy atom. The van der Waals surface area contributed by atoms with Crippen molar-refractivity contribution in [1.29, 1.82) is 0 Å². The van der Waals surface area contributed by atoms with E-state index in [0.29, 0.717) is 0 Å². The highest BCUT2D eigenvalue weighted by atomic mass is 16.4. The highest BCUT2D eigenvalue weighted by molar-refractivity contribution is 5.79. The molecule has 0 aromatic heterocycles. The molecule has 1 atom stereocenters. The zero-order valence-corrected chi connectivity index (χ0v) is 10.5. The van der Waals surface area contributed by atoms with Crippen molar-refractivity contribution in [2.24, 2.45) is 0 Å². The number of carboxylic acid groups (broad SMARTS) is 3. The number of hydrogen-bond donors (Lipinski definition) is 4. The summed E-state index contributed by atoms with van der Waals surface area (Å²) in [5.41, 5.74) is 0. The first kappa shape index (κ1) is 21.4. The Labute approximate surface area is 105 Å². The largest absolute Gasteiger partial charge is 0.481 e. The minimum absolute atomic E-state index is 0.755. The van der Waals surface area contributed by atoms with Crippen LogP contribution in [-0.2, 0) is 14.4 Å². The van der Waals surface area contributed by atoms with E-state index in [1.165, 1.54) is 12.8 Å². The van der Waals surface area contributed by atoms with Gasteiger partial charge in [0.05, 0.1) is 6.42 Å². The third kappa shape index (κ3) is 29.2. The van der Waals surface area contributed by atoms with E-state index >= 15 is 0 Å². The van der Waals surface area contributed by atoms with Gasteiger partial charge in [-0.1, -0.05) is 33.3 Å². The summed E-state index contributed by atoms with van der Waals surface area (Å²) in [6.45, 7) is 7.32. The van der Waals surface area contributed by atoms with Gasteiger partial charge in [0.25, 0.3) is 0 Å². The van der Waals surface area contributed by atoms with Crippen LogP contribution in [0.1, 0.15) is 33.1 Å². The predicted molar refractivity (Wildman–Crippen MR) is 64.3 cm³/mol. The molecule has 4 N–H and O–H groups in total. The molecular formula is C11H20O7. The molecule has 0 aliphatic heterocycles. The Morgan fingerprint density at radius 2 is 1.44 bits per heavy atom. The Bertz CT molecular complexity index is 258. The average molecular weight is 264 g/mol. The summed E-state index contributed by atoms with van der Waals surface area (Å²) in [6.07, 6.45) is 0.928. The third-order valence-corrected chi connectivity index (χ3v) is 1.33. The maximum atomic E-state index is 9.72. The Balaban J connectivity index is -0.000000212. The lowest BCUT2D eigenvalue weighted by Gasteiger charge is -1.97. The fourth-order valence-electron chi connectivity index (χ4n) is 0.253. The van der Waals surface area contributed by atoms with E-state index < -0.39 is 30.4 Å².